The van der Waals surface area contributed by atoms with Crippen molar-refractivity contribution in [1.29, 1.82) is 5.41 Å². The zero-order valence-electron chi connectivity index (χ0n) is 21.4. The van der Waals surface area contributed by atoms with Gasteiger partial charge in [0, 0.05) is 73.9 Å². The Bertz CT molecular complexity index is 1140. The number of rotatable bonds is 8. The molecule has 0 bridgehead atoms. The molecule has 0 saturated carbocycles. The monoisotopic (exact) mass is 475 g/mol. The molecule has 0 amide bonds. The molecular formula is C27H37N7O. The van der Waals surface area contributed by atoms with E-state index in [4.69, 9.17) is 9.93 Å². The van der Waals surface area contributed by atoms with Crippen LogP contribution in [0.3, 0.4) is 0 Å². The first-order valence-electron chi connectivity index (χ1n) is 12.2. The third-order valence-corrected chi connectivity index (χ3v) is 6.51. The number of aryl methyl sites for hydroxylation is 1. The molecule has 0 radical (unpaired) electrons. The van der Waals surface area contributed by atoms with Gasteiger partial charge in [-0.1, -0.05) is 32.0 Å². The number of pyridine rings is 1. The lowest BCUT2D eigenvalue weighted by Gasteiger charge is -2.34. The van der Waals surface area contributed by atoms with Gasteiger partial charge in [-0.15, -0.1) is 0 Å². The lowest BCUT2D eigenvalue weighted by Crippen LogP contribution is -2.44. The van der Waals surface area contributed by atoms with Crippen molar-refractivity contribution in [2.24, 2.45) is 0 Å². The van der Waals surface area contributed by atoms with E-state index in [9.17, 15) is 0 Å². The molecule has 1 unspecified atom stereocenters. The van der Waals surface area contributed by atoms with E-state index in [1.165, 1.54) is 6.21 Å². The van der Waals surface area contributed by atoms with Gasteiger partial charge in [-0.25, -0.2) is 0 Å². The van der Waals surface area contributed by atoms with E-state index in [-0.39, 0.29) is 11.3 Å². The van der Waals surface area contributed by atoms with Gasteiger partial charge in [-0.2, -0.15) is 0 Å². The van der Waals surface area contributed by atoms with Crippen LogP contribution in [0.1, 0.15) is 43.6 Å². The Hall–Kier alpha value is -3.39. The first kappa shape index (κ1) is 24.7. The summed E-state index contributed by atoms with van der Waals surface area (Å²) in [5.74, 6) is 1.46. The van der Waals surface area contributed by atoms with Gasteiger partial charge in [-0.3, -0.25) is 4.98 Å². The maximum Gasteiger partial charge on any atom is 0.174 e. The van der Waals surface area contributed by atoms with Crippen LogP contribution in [-0.4, -0.2) is 61.0 Å². The standard InChI is InChI=1S/C27H37N7O/c1-19-6-7-22(31-26-14-25(35-32-26)27(2,3)4)13-24(19)30-17-21(15-28)20-12-23(18-29-16-20)34-10-8-33(5)9-11-34/h6-7,12-16,18,21,28,30H,8-11,17H2,1-5H3,(H,31,32). The molecule has 1 fully saturated rings. The highest BCUT2D eigenvalue weighted by Crippen LogP contribution is 2.28. The summed E-state index contributed by atoms with van der Waals surface area (Å²) in [6.45, 7) is 13.1. The summed E-state index contributed by atoms with van der Waals surface area (Å²) < 4.78 is 5.49. The predicted octanol–water partition coefficient (Wildman–Crippen LogP) is 5.02. The Morgan fingerprint density at radius 3 is 2.57 bits per heavy atom. The zero-order valence-corrected chi connectivity index (χ0v) is 21.4. The molecule has 0 aliphatic carbocycles. The van der Waals surface area contributed by atoms with Gasteiger partial charge in [0.15, 0.2) is 5.82 Å². The van der Waals surface area contributed by atoms with Crippen LogP contribution < -0.4 is 15.5 Å². The van der Waals surface area contributed by atoms with E-state index in [1.807, 2.05) is 24.5 Å². The topological polar surface area (TPSA) is 93.3 Å². The molecule has 3 aromatic rings. The van der Waals surface area contributed by atoms with E-state index in [1.54, 1.807) is 0 Å². The van der Waals surface area contributed by atoms with Crippen LogP contribution in [0.5, 0.6) is 0 Å². The van der Waals surface area contributed by atoms with Crippen molar-refractivity contribution in [3.63, 3.8) is 0 Å². The van der Waals surface area contributed by atoms with Crippen molar-refractivity contribution < 1.29 is 4.52 Å². The van der Waals surface area contributed by atoms with Crippen LogP contribution in [0.2, 0.25) is 0 Å². The Morgan fingerprint density at radius 2 is 1.89 bits per heavy atom. The Balaban J connectivity index is 1.43. The van der Waals surface area contributed by atoms with Crippen LogP contribution in [0, 0.1) is 12.3 Å². The maximum absolute atomic E-state index is 8.06. The molecule has 1 aliphatic heterocycles. The number of anilines is 4. The minimum Gasteiger partial charge on any atom is -0.384 e. The second-order valence-electron chi connectivity index (χ2n) is 10.4. The van der Waals surface area contributed by atoms with Gasteiger partial charge in [0.05, 0.1) is 11.9 Å². The molecule has 1 aliphatic rings. The van der Waals surface area contributed by atoms with Gasteiger partial charge in [-0.05, 0) is 43.3 Å². The minimum atomic E-state index is -0.0921. The fourth-order valence-electron chi connectivity index (χ4n) is 4.10. The zero-order chi connectivity index (χ0) is 25.0. The molecule has 8 heteroatoms. The summed E-state index contributed by atoms with van der Waals surface area (Å²) in [4.78, 5) is 9.21. The third-order valence-electron chi connectivity index (χ3n) is 6.51. The molecular weight excluding hydrogens is 438 g/mol. The smallest absolute Gasteiger partial charge is 0.174 e. The molecule has 1 aromatic carbocycles. The first-order valence-corrected chi connectivity index (χ1v) is 12.2. The average Bonchev–Trinajstić information content (AvgIpc) is 3.31. The molecule has 2 aromatic heterocycles. The number of benzene rings is 1. The van der Waals surface area contributed by atoms with Crippen molar-refractivity contribution in [2.45, 2.75) is 39.0 Å². The van der Waals surface area contributed by atoms with Gasteiger partial charge in [0.25, 0.3) is 0 Å². The summed E-state index contributed by atoms with van der Waals surface area (Å²) in [6.07, 6.45) is 5.30. The van der Waals surface area contributed by atoms with Crippen LogP contribution in [-0.2, 0) is 5.41 Å². The normalized spacial score (nSPS) is 15.6. The van der Waals surface area contributed by atoms with Crippen LogP contribution >= 0.6 is 0 Å². The first-order chi connectivity index (χ1) is 16.7. The highest BCUT2D eigenvalue weighted by atomic mass is 16.5. The van der Waals surface area contributed by atoms with Crippen molar-refractivity contribution in [3.8, 4) is 0 Å². The summed E-state index contributed by atoms with van der Waals surface area (Å²) in [7, 11) is 2.16. The lowest BCUT2D eigenvalue weighted by molar-refractivity contribution is 0.313. The van der Waals surface area contributed by atoms with Gasteiger partial charge in [0.1, 0.15) is 5.76 Å². The molecule has 3 heterocycles. The largest absolute Gasteiger partial charge is 0.384 e. The van der Waals surface area contributed by atoms with Gasteiger partial charge < -0.3 is 30.4 Å². The predicted molar refractivity (Wildman–Crippen MR) is 144 cm³/mol. The number of hydrogen-bond acceptors (Lipinski definition) is 8. The Morgan fingerprint density at radius 1 is 1.11 bits per heavy atom. The van der Waals surface area contributed by atoms with E-state index >= 15 is 0 Å². The van der Waals surface area contributed by atoms with Crippen LogP contribution in [0.4, 0.5) is 22.9 Å². The molecule has 0 spiro atoms. The molecule has 186 valence electrons. The second-order valence-corrected chi connectivity index (χ2v) is 10.4. The Kier molecular flexibility index (Phi) is 7.40. The number of likely N-dealkylation sites (N-methyl/N-ethyl adjacent to an activating group) is 1. The van der Waals surface area contributed by atoms with Crippen LogP contribution in [0.15, 0.2) is 47.2 Å². The number of nitrogens with zero attached hydrogens (tertiary/aromatic N) is 4. The molecule has 35 heavy (non-hydrogen) atoms. The average molecular weight is 476 g/mol. The molecule has 8 nitrogen and oxygen atoms in total. The van der Waals surface area contributed by atoms with Crippen LogP contribution in [0.25, 0.3) is 0 Å². The van der Waals surface area contributed by atoms with Crippen molar-refractivity contribution >= 4 is 29.1 Å². The second kappa shape index (κ2) is 10.5. The molecule has 3 N–H and O–H groups in total. The summed E-state index contributed by atoms with van der Waals surface area (Å²) in [6, 6.07) is 10.3. The number of nitrogens with one attached hydrogen (secondary N) is 3. The highest BCUT2D eigenvalue weighted by molar-refractivity contribution is 5.69. The number of piperazine rings is 1. The quantitative estimate of drug-likeness (QED) is 0.394. The van der Waals surface area contributed by atoms with Gasteiger partial charge in [0.2, 0.25) is 0 Å². The Labute approximate surface area is 208 Å². The highest BCUT2D eigenvalue weighted by Gasteiger charge is 2.20. The number of hydrogen-bond donors (Lipinski definition) is 3. The van der Waals surface area contributed by atoms with E-state index < -0.39 is 0 Å². The SMILES string of the molecule is Cc1ccc(Nc2cc(C(C)(C)C)on2)cc1NCC(C=N)c1cncc(N2CCN(C)CC2)c1. The summed E-state index contributed by atoms with van der Waals surface area (Å²) in [5.41, 5.74) is 5.17. The molecule has 1 saturated heterocycles. The lowest BCUT2D eigenvalue weighted by atomic mass is 9.93. The fraction of sp³-hybridized carbons (Fsp3) is 0.444. The van der Waals surface area contributed by atoms with Crippen molar-refractivity contribution in [1.82, 2.24) is 15.0 Å². The van der Waals surface area contributed by atoms with E-state index in [0.717, 1.165) is 60.1 Å². The number of aromatic nitrogens is 2. The minimum absolute atomic E-state index is 0.0733. The van der Waals surface area contributed by atoms with E-state index in [0.29, 0.717) is 12.4 Å². The molecule has 4 rings (SSSR count). The molecule has 1 atom stereocenters. The summed E-state index contributed by atoms with van der Waals surface area (Å²) >= 11 is 0. The van der Waals surface area contributed by atoms with Gasteiger partial charge >= 0.3 is 0 Å². The van der Waals surface area contributed by atoms with Crippen molar-refractivity contribution in [3.05, 3.63) is 59.6 Å². The summed E-state index contributed by atoms with van der Waals surface area (Å²) in [5, 5.41) is 19.1. The van der Waals surface area contributed by atoms with Crippen molar-refractivity contribution in [2.75, 3.05) is 55.3 Å². The maximum atomic E-state index is 8.06. The van der Waals surface area contributed by atoms with E-state index in [2.05, 4.69) is 83.5 Å². The fourth-order valence-corrected chi connectivity index (χ4v) is 4.10. The third kappa shape index (κ3) is 6.19.